The van der Waals surface area contributed by atoms with Crippen molar-refractivity contribution in [1.82, 2.24) is 14.9 Å². The summed E-state index contributed by atoms with van der Waals surface area (Å²) in [5.74, 6) is -0.966. The summed E-state index contributed by atoms with van der Waals surface area (Å²) >= 11 is 0. The fraction of sp³-hybridized carbons (Fsp3) is 0.458. The third-order valence-electron chi connectivity index (χ3n) is 5.81. The number of hydrogen-bond acceptors (Lipinski definition) is 6. The Morgan fingerprint density at radius 2 is 1.76 bits per heavy atom. The van der Waals surface area contributed by atoms with E-state index in [9.17, 15) is 17.6 Å². The van der Waals surface area contributed by atoms with E-state index in [1.807, 2.05) is 24.3 Å². The number of hydrogen-bond donors (Lipinski definition) is 2. The van der Waals surface area contributed by atoms with Crippen LogP contribution in [0.4, 0.5) is 4.39 Å². The van der Waals surface area contributed by atoms with Gasteiger partial charge in [0.05, 0.1) is 26.4 Å². The van der Waals surface area contributed by atoms with Crippen molar-refractivity contribution in [2.24, 2.45) is 5.92 Å². The lowest BCUT2D eigenvalue weighted by molar-refractivity contribution is -0.124. The van der Waals surface area contributed by atoms with Gasteiger partial charge >= 0.3 is 0 Å². The minimum Gasteiger partial charge on any atom is -0.497 e. The zero-order valence-corrected chi connectivity index (χ0v) is 20.5. The second-order valence-electron chi connectivity index (χ2n) is 8.46. The van der Waals surface area contributed by atoms with E-state index in [0.717, 1.165) is 17.4 Å². The molecule has 0 bridgehead atoms. The standard InChI is InChI=1S/C24H32FN3O5S/c1-17(2)23(27-34(30,31)22-7-5-4-6-20(22)25)24(29)26-16-21(28-12-14-33-15-13-28)18-8-10-19(32-3)11-9-18/h4-11,17,21,23,27H,12-16H2,1-3H3,(H,26,29)/t21?,23-/m0/s1. The summed E-state index contributed by atoms with van der Waals surface area (Å²) in [4.78, 5) is 14.8. The van der Waals surface area contributed by atoms with Crippen LogP contribution in [0, 0.1) is 11.7 Å². The number of halogens is 1. The van der Waals surface area contributed by atoms with Gasteiger partial charge in [-0.25, -0.2) is 12.8 Å². The van der Waals surface area contributed by atoms with Gasteiger partial charge in [0.25, 0.3) is 0 Å². The quantitative estimate of drug-likeness (QED) is 0.527. The number of ether oxygens (including phenoxy) is 2. The molecule has 2 aromatic carbocycles. The van der Waals surface area contributed by atoms with Gasteiger partial charge in [-0.05, 0) is 35.7 Å². The summed E-state index contributed by atoms with van der Waals surface area (Å²) in [6.07, 6.45) is 0. The van der Waals surface area contributed by atoms with Crippen molar-refractivity contribution >= 4 is 15.9 Å². The highest BCUT2D eigenvalue weighted by molar-refractivity contribution is 7.89. The molecule has 0 saturated carbocycles. The second kappa shape index (κ2) is 11.7. The van der Waals surface area contributed by atoms with Crippen LogP contribution < -0.4 is 14.8 Å². The number of morpholine rings is 1. The van der Waals surface area contributed by atoms with Crippen LogP contribution in [0.2, 0.25) is 0 Å². The van der Waals surface area contributed by atoms with Crippen molar-refractivity contribution in [2.45, 2.75) is 30.8 Å². The van der Waals surface area contributed by atoms with Crippen molar-refractivity contribution in [1.29, 1.82) is 0 Å². The fourth-order valence-electron chi connectivity index (χ4n) is 3.87. The highest BCUT2D eigenvalue weighted by Crippen LogP contribution is 2.24. The molecular weight excluding hydrogens is 461 g/mol. The smallest absolute Gasteiger partial charge is 0.244 e. The Labute approximate surface area is 200 Å². The van der Waals surface area contributed by atoms with E-state index in [1.165, 1.54) is 18.2 Å². The number of rotatable bonds is 10. The Balaban J connectivity index is 1.75. The van der Waals surface area contributed by atoms with Gasteiger partial charge in [-0.2, -0.15) is 4.72 Å². The van der Waals surface area contributed by atoms with E-state index < -0.39 is 32.7 Å². The Hall–Kier alpha value is -2.53. The molecule has 0 aliphatic carbocycles. The number of nitrogens with zero attached hydrogens (tertiary/aromatic N) is 1. The van der Waals surface area contributed by atoms with Gasteiger partial charge in [0.2, 0.25) is 15.9 Å². The normalized spacial score (nSPS) is 16.7. The molecule has 1 fully saturated rings. The molecule has 1 unspecified atom stereocenters. The maximum Gasteiger partial charge on any atom is 0.244 e. The molecule has 2 aromatic rings. The summed E-state index contributed by atoms with van der Waals surface area (Å²) in [7, 11) is -2.63. The molecule has 0 aromatic heterocycles. The lowest BCUT2D eigenvalue weighted by Gasteiger charge is -2.35. The maximum atomic E-state index is 14.1. The first-order chi connectivity index (χ1) is 16.2. The average Bonchev–Trinajstić information content (AvgIpc) is 2.83. The number of sulfonamides is 1. The second-order valence-corrected chi connectivity index (χ2v) is 10.1. The lowest BCUT2D eigenvalue weighted by atomic mass is 10.0. The highest BCUT2D eigenvalue weighted by atomic mass is 32.2. The van der Waals surface area contributed by atoms with Crippen LogP contribution in [0.5, 0.6) is 5.75 Å². The van der Waals surface area contributed by atoms with Gasteiger partial charge in [-0.15, -0.1) is 0 Å². The van der Waals surface area contributed by atoms with E-state index in [2.05, 4.69) is 14.9 Å². The summed E-state index contributed by atoms with van der Waals surface area (Å²) < 4.78 is 52.7. The molecule has 1 saturated heterocycles. The number of methoxy groups -OCH3 is 1. The molecule has 2 N–H and O–H groups in total. The molecule has 1 heterocycles. The van der Waals surface area contributed by atoms with Gasteiger partial charge in [0.1, 0.15) is 22.5 Å². The number of benzene rings is 2. The van der Waals surface area contributed by atoms with Gasteiger partial charge in [0, 0.05) is 19.6 Å². The molecule has 2 atom stereocenters. The summed E-state index contributed by atoms with van der Waals surface area (Å²) in [6.45, 7) is 6.35. The average molecular weight is 494 g/mol. The molecule has 8 nitrogen and oxygen atoms in total. The third-order valence-corrected chi connectivity index (χ3v) is 7.29. The van der Waals surface area contributed by atoms with Crippen molar-refractivity contribution < 1.29 is 27.1 Å². The number of amides is 1. The molecule has 10 heteroatoms. The highest BCUT2D eigenvalue weighted by Gasteiger charge is 2.31. The Morgan fingerprint density at radius 1 is 1.12 bits per heavy atom. The largest absolute Gasteiger partial charge is 0.497 e. The topological polar surface area (TPSA) is 97.0 Å². The molecule has 0 radical (unpaired) electrons. The molecule has 1 aliphatic rings. The SMILES string of the molecule is COc1ccc(C(CNC(=O)[C@@H](NS(=O)(=O)c2ccccc2F)C(C)C)N2CCOCC2)cc1. The molecule has 0 spiro atoms. The summed E-state index contributed by atoms with van der Waals surface area (Å²) in [5.41, 5.74) is 0.996. The van der Waals surface area contributed by atoms with Crippen LogP contribution in [0.15, 0.2) is 53.4 Å². The first-order valence-electron chi connectivity index (χ1n) is 11.2. The minimum atomic E-state index is -4.23. The van der Waals surface area contributed by atoms with Crippen molar-refractivity contribution in [3.63, 3.8) is 0 Å². The van der Waals surface area contributed by atoms with E-state index >= 15 is 0 Å². The maximum absolute atomic E-state index is 14.1. The first kappa shape index (κ1) is 26.1. The molecule has 1 aliphatic heterocycles. The van der Waals surface area contributed by atoms with Crippen LogP contribution in [0.3, 0.4) is 0 Å². The Bertz CT molecular complexity index is 1060. The van der Waals surface area contributed by atoms with Crippen LogP contribution in [0.1, 0.15) is 25.5 Å². The first-order valence-corrected chi connectivity index (χ1v) is 12.7. The molecule has 3 rings (SSSR count). The van der Waals surface area contributed by atoms with Gasteiger partial charge < -0.3 is 14.8 Å². The summed E-state index contributed by atoms with van der Waals surface area (Å²) in [6, 6.07) is 11.5. The van der Waals surface area contributed by atoms with Crippen molar-refractivity contribution in [2.75, 3.05) is 40.0 Å². The van der Waals surface area contributed by atoms with Crippen molar-refractivity contribution in [3.05, 3.63) is 59.9 Å². The molecular formula is C24H32FN3O5S. The van der Waals surface area contributed by atoms with Crippen LogP contribution in [-0.4, -0.2) is 65.2 Å². The van der Waals surface area contributed by atoms with Crippen molar-refractivity contribution in [3.8, 4) is 5.75 Å². The van der Waals surface area contributed by atoms with E-state index in [-0.39, 0.29) is 18.5 Å². The Kier molecular flexibility index (Phi) is 9.01. The van der Waals surface area contributed by atoms with Gasteiger partial charge in [-0.3, -0.25) is 9.69 Å². The van der Waals surface area contributed by atoms with E-state index in [1.54, 1.807) is 21.0 Å². The van der Waals surface area contributed by atoms with Gasteiger partial charge in [-0.1, -0.05) is 38.1 Å². The number of carbonyl (C=O) groups is 1. The predicted molar refractivity (Wildman–Crippen MR) is 126 cm³/mol. The van der Waals surface area contributed by atoms with Crippen LogP contribution in [-0.2, 0) is 19.6 Å². The zero-order valence-electron chi connectivity index (χ0n) is 19.7. The number of nitrogens with one attached hydrogen (secondary N) is 2. The fourth-order valence-corrected chi connectivity index (χ4v) is 5.29. The predicted octanol–water partition coefficient (Wildman–Crippen LogP) is 2.33. The molecule has 1 amide bonds. The van der Waals surface area contributed by atoms with Gasteiger partial charge in [0.15, 0.2) is 0 Å². The zero-order chi connectivity index (χ0) is 24.7. The van der Waals surface area contributed by atoms with E-state index in [4.69, 9.17) is 9.47 Å². The van der Waals surface area contributed by atoms with Crippen LogP contribution >= 0.6 is 0 Å². The lowest BCUT2D eigenvalue weighted by Crippen LogP contribution is -2.51. The molecule has 186 valence electrons. The minimum absolute atomic E-state index is 0.130. The third kappa shape index (κ3) is 6.53. The summed E-state index contributed by atoms with van der Waals surface area (Å²) in [5, 5.41) is 2.90. The number of carbonyl (C=O) groups excluding carboxylic acids is 1. The Morgan fingerprint density at radius 3 is 2.35 bits per heavy atom. The van der Waals surface area contributed by atoms with E-state index in [0.29, 0.717) is 26.3 Å². The monoisotopic (exact) mass is 493 g/mol. The molecule has 34 heavy (non-hydrogen) atoms. The van der Waals surface area contributed by atoms with Crippen LogP contribution in [0.25, 0.3) is 0 Å².